The van der Waals surface area contributed by atoms with Crippen LogP contribution >= 0.6 is 0 Å². The van der Waals surface area contributed by atoms with Crippen molar-refractivity contribution in [2.75, 3.05) is 0 Å². The highest BCUT2D eigenvalue weighted by atomic mass is 16.3. The lowest BCUT2D eigenvalue weighted by atomic mass is 9.83. The summed E-state index contributed by atoms with van der Waals surface area (Å²) in [7, 11) is 0. The van der Waals surface area contributed by atoms with Crippen molar-refractivity contribution >= 4 is 76.2 Å². The molecule has 0 radical (unpaired) electrons. The van der Waals surface area contributed by atoms with Gasteiger partial charge in [-0.15, -0.1) is 0 Å². The molecule has 0 aliphatic heterocycles. The molecule has 0 unspecified atom stereocenters. The first-order valence-electron chi connectivity index (χ1n) is 21.2. The second kappa shape index (κ2) is 13.7. The summed E-state index contributed by atoms with van der Waals surface area (Å²) in [5, 5.41) is 11.9. The summed E-state index contributed by atoms with van der Waals surface area (Å²) < 4.78 is 12.4. The standard InChI is InChI=1S/C60H36O2/c1-2-18-45-37(12-1)13-11-23-46(45)42-26-29-51-54(36-42)60(44-17-10-15-39(33-44)41-28-31-58-53(35-41)48-20-6-8-25-56(48)62-58)50-22-4-3-21-49(50)59(51)43-16-9-14-38(32-43)40-27-30-57-52(34-40)47-19-5-7-24-55(47)61-57/h1-36H. The van der Waals surface area contributed by atoms with Gasteiger partial charge in [-0.25, -0.2) is 0 Å². The van der Waals surface area contributed by atoms with E-state index in [9.17, 15) is 0 Å². The van der Waals surface area contributed by atoms with Gasteiger partial charge in [0.1, 0.15) is 22.3 Å². The Morgan fingerprint density at radius 2 is 0.613 bits per heavy atom. The Bertz CT molecular complexity index is 3930. The molecule has 2 heteroatoms. The Morgan fingerprint density at radius 1 is 0.210 bits per heavy atom. The molecule has 0 saturated carbocycles. The van der Waals surface area contributed by atoms with Crippen molar-refractivity contribution in [1.29, 1.82) is 0 Å². The fourth-order valence-electron chi connectivity index (χ4n) is 9.96. The smallest absolute Gasteiger partial charge is 0.135 e. The zero-order valence-corrected chi connectivity index (χ0v) is 33.6. The van der Waals surface area contributed by atoms with E-state index >= 15 is 0 Å². The van der Waals surface area contributed by atoms with Crippen LogP contribution in [0, 0.1) is 0 Å². The number of hydrogen-bond acceptors (Lipinski definition) is 2. The highest BCUT2D eigenvalue weighted by Gasteiger charge is 2.20. The van der Waals surface area contributed by atoms with Crippen molar-refractivity contribution in [2.24, 2.45) is 0 Å². The molecule has 0 atom stereocenters. The Hall–Kier alpha value is -8.20. The van der Waals surface area contributed by atoms with Crippen LogP contribution in [-0.4, -0.2) is 0 Å². The van der Waals surface area contributed by atoms with Crippen molar-refractivity contribution in [3.8, 4) is 55.6 Å². The highest BCUT2D eigenvalue weighted by molar-refractivity contribution is 6.22. The van der Waals surface area contributed by atoms with Crippen LogP contribution in [0.4, 0.5) is 0 Å². The minimum Gasteiger partial charge on any atom is -0.456 e. The van der Waals surface area contributed by atoms with Gasteiger partial charge in [-0.3, -0.25) is 0 Å². The van der Waals surface area contributed by atoms with Gasteiger partial charge in [-0.2, -0.15) is 0 Å². The molecule has 13 rings (SSSR count). The fraction of sp³-hybridized carbons (Fsp3) is 0. The molecule has 0 fully saturated rings. The number of benzene rings is 11. The molecule has 0 N–H and O–H groups in total. The van der Waals surface area contributed by atoms with Gasteiger partial charge >= 0.3 is 0 Å². The average molecular weight is 789 g/mol. The van der Waals surface area contributed by atoms with E-state index in [1.807, 2.05) is 24.3 Å². The molecule has 2 nitrogen and oxygen atoms in total. The van der Waals surface area contributed by atoms with Crippen molar-refractivity contribution in [2.45, 2.75) is 0 Å². The van der Waals surface area contributed by atoms with Crippen LogP contribution in [0.2, 0.25) is 0 Å². The van der Waals surface area contributed by atoms with Crippen molar-refractivity contribution in [1.82, 2.24) is 0 Å². The third kappa shape index (κ3) is 5.44. The summed E-state index contributed by atoms with van der Waals surface area (Å²) in [6.07, 6.45) is 0. The monoisotopic (exact) mass is 788 g/mol. The number of furan rings is 2. The predicted octanol–water partition coefficient (Wildman–Crippen LogP) is 17.3. The molecule has 0 aliphatic rings. The van der Waals surface area contributed by atoms with Gasteiger partial charge in [0.05, 0.1) is 0 Å². The normalized spacial score (nSPS) is 11.9. The van der Waals surface area contributed by atoms with Crippen LogP contribution in [0.3, 0.4) is 0 Å². The maximum Gasteiger partial charge on any atom is 0.135 e. The molecular weight excluding hydrogens is 753 g/mol. The van der Waals surface area contributed by atoms with Gasteiger partial charge in [-0.05, 0) is 143 Å². The summed E-state index contributed by atoms with van der Waals surface area (Å²) in [5.41, 5.74) is 15.5. The molecule has 2 heterocycles. The predicted molar refractivity (Wildman–Crippen MR) is 261 cm³/mol. The van der Waals surface area contributed by atoms with Gasteiger partial charge in [-0.1, -0.05) is 164 Å². The third-order valence-corrected chi connectivity index (χ3v) is 12.8. The fourth-order valence-corrected chi connectivity index (χ4v) is 9.96. The number of hydrogen-bond donors (Lipinski definition) is 0. The van der Waals surface area contributed by atoms with E-state index in [1.54, 1.807) is 0 Å². The van der Waals surface area contributed by atoms with E-state index < -0.39 is 0 Å². The van der Waals surface area contributed by atoms with E-state index in [4.69, 9.17) is 8.83 Å². The van der Waals surface area contributed by atoms with Gasteiger partial charge in [0.2, 0.25) is 0 Å². The first kappa shape index (κ1) is 34.6. The largest absolute Gasteiger partial charge is 0.456 e. The Kier molecular flexibility index (Phi) is 7.64. The van der Waals surface area contributed by atoms with Gasteiger partial charge in [0.15, 0.2) is 0 Å². The molecule has 288 valence electrons. The summed E-state index contributed by atoms with van der Waals surface area (Å²) in [5.74, 6) is 0. The maximum absolute atomic E-state index is 6.21. The molecule has 13 aromatic rings. The summed E-state index contributed by atoms with van der Waals surface area (Å²) in [6.45, 7) is 0. The van der Waals surface area contributed by atoms with Crippen LogP contribution in [0.15, 0.2) is 227 Å². The lowest BCUT2D eigenvalue weighted by Gasteiger charge is -2.20. The number of fused-ring (bicyclic) bond motifs is 9. The minimum absolute atomic E-state index is 0.902. The zero-order valence-electron chi connectivity index (χ0n) is 33.6. The first-order valence-corrected chi connectivity index (χ1v) is 21.2. The Labute approximate surface area is 357 Å². The second-order valence-electron chi connectivity index (χ2n) is 16.4. The van der Waals surface area contributed by atoms with Crippen LogP contribution in [0.1, 0.15) is 0 Å². The molecule has 0 saturated heterocycles. The van der Waals surface area contributed by atoms with E-state index in [0.29, 0.717) is 0 Å². The molecule has 0 bridgehead atoms. The number of rotatable bonds is 5. The minimum atomic E-state index is 0.902. The summed E-state index contributed by atoms with van der Waals surface area (Å²) in [4.78, 5) is 0. The van der Waals surface area contributed by atoms with Crippen LogP contribution in [0.25, 0.3) is 132 Å². The number of para-hydroxylation sites is 2. The lowest BCUT2D eigenvalue weighted by molar-refractivity contribution is 0.668. The first-order chi connectivity index (χ1) is 30.7. The molecule has 0 aliphatic carbocycles. The Balaban J connectivity index is 1.05. The van der Waals surface area contributed by atoms with Gasteiger partial charge in [0, 0.05) is 21.5 Å². The van der Waals surface area contributed by atoms with E-state index in [-0.39, 0.29) is 0 Å². The molecular formula is C60H36O2. The molecule has 0 amide bonds. The maximum atomic E-state index is 6.21. The van der Waals surface area contributed by atoms with Gasteiger partial charge in [0.25, 0.3) is 0 Å². The summed E-state index contributed by atoms with van der Waals surface area (Å²) >= 11 is 0. The quantitative estimate of drug-likeness (QED) is 0.162. The molecule has 11 aromatic carbocycles. The highest BCUT2D eigenvalue weighted by Crippen LogP contribution is 2.47. The van der Waals surface area contributed by atoms with Crippen LogP contribution in [0.5, 0.6) is 0 Å². The Morgan fingerprint density at radius 3 is 1.23 bits per heavy atom. The second-order valence-corrected chi connectivity index (χ2v) is 16.4. The third-order valence-electron chi connectivity index (χ3n) is 12.8. The SMILES string of the molecule is c1cc(-c2ccc3oc4ccccc4c3c2)cc(-c2c3ccccc3c(-c3cccc(-c4ccc5oc6ccccc6c5c4)c3)c3cc(-c4cccc5ccccc45)ccc23)c1. The summed E-state index contributed by atoms with van der Waals surface area (Å²) in [6, 6.07) is 79.2. The van der Waals surface area contributed by atoms with Gasteiger partial charge < -0.3 is 8.83 Å². The van der Waals surface area contributed by atoms with Crippen molar-refractivity contribution < 1.29 is 8.83 Å². The zero-order chi connectivity index (χ0) is 40.7. The molecule has 62 heavy (non-hydrogen) atoms. The average Bonchev–Trinajstić information content (AvgIpc) is 3.91. The van der Waals surface area contributed by atoms with E-state index in [0.717, 1.165) is 60.6 Å². The molecule has 2 aromatic heterocycles. The van der Waals surface area contributed by atoms with E-state index in [1.165, 1.54) is 71.3 Å². The van der Waals surface area contributed by atoms with Crippen LogP contribution in [-0.2, 0) is 0 Å². The lowest BCUT2D eigenvalue weighted by Crippen LogP contribution is -1.93. The van der Waals surface area contributed by atoms with E-state index in [2.05, 4.69) is 194 Å². The van der Waals surface area contributed by atoms with Crippen molar-refractivity contribution in [3.05, 3.63) is 218 Å². The van der Waals surface area contributed by atoms with Crippen LogP contribution < -0.4 is 0 Å². The topological polar surface area (TPSA) is 26.3 Å². The van der Waals surface area contributed by atoms with Crippen molar-refractivity contribution in [3.63, 3.8) is 0 Å². The molecule has 0 spiro atoms.